The van der Waals surface area contributed by atoms with Gasteiger partial charge in [-0.05, 0) is 55.9 Å². The third kappa shape index (κ3) is 7.45. The Morgan fingerprint density at radius 2 is 2.13 bits per heavy atom. The molecule has 1 aromatic heterocycles. The van der Waals surface area contributed by atoms with Crippen molar-refractivity contribution in [3.8, 4) is 6.07 Å². The minimum absolute atomic E-state index is 0.0592. The number of hydrogen-bond acceptors (Lipinski definition) is 8. The lowest BCUT2D eigenvalue weighted by Gasteiger charge is -2.45. The maximum Gasteiger partial charge on any atom is 0.305 e. The number of esters is 1. The second-order valence-electron chi connectivity index (χ2n) is 11.2. The topological polar surface area (TPSA) is 103 Å². The lowest BCUT2D eigenvalue weighted by Crippen LogP contribution is -2.44. The molecule has 3 aliphatic rings. The first-order valence-electron chi connectivity index (χ1n) is 14.5. The summed E-state index contributed by atoms with van der Waals surface area (Å²) in [6, 6.07) is 6.61. The molecule has 0 amide bonds. The van der Waals surface area contributed by atoms with Gasteiger partial charge in [0.05, 0.1) is 37.4 Å². The molecule has 0 spiro atoms. The number of unbranched alkanes of at least 4 members (excludes halogenated alkanes) is 2. The van der Waals surface area contributed by atoms with Gasteiger partial charge in [-0.2, -0.15) is 5.26 Å². The molecule has 2 heterocycles. The van der Waals surface area contributed by atoms with Gasteiger partial charge in [0.15, 0.2) is 0 Å². The van der Waals surface area contributed by atoms with Crippen LogP contribution in [-0.4, -0.2) is 72.7 Å². The Morgan fingerprint density at radius 3 is 2.82 bits per heavy atom. The van der Waals surface area contributed by atoms with Crippen molar-refractivity contribution < 1.29 is 24.5 Å². The average molecular weight is 545 g/mol. The first kappa shape index (κ1) is 29.2. The van der Waals surface area contributed by atoms with Gasteiger partial charge in [-0.25, -0.2) is 0 Å². The van der Waals surface area contributed by atoms with Gasteiger partial charge in [0.1, 0.15) is 6.61 Å². The van der Waals surface area contributed by atoms with E-state index in [1.54, 1.807) is 11.3 Å². The molecular formula is C30H44N2O5S. The van der Waals surface area contributed by atoms with E-state index in [4.69, 9.17) is 9.47 Å². The molecule has 5 atom stereocenters. The zero-order chi connectivity index (χ0) is 26.8. The summed E-state index contributed by atoms with van der Waals surface area (Å²) in [7, 11) is 0. The number of rotatable bonds is 14. The number of carbonyl (C=O) groups is 1. The summed E-state index contributed by atoms with van der Waals surface area (Å²) in [5.41, 5.74) is -0.120. The second kappa shape index (κ2) is 14.6. The number of ether oxygens (including phenoxy) is 2. The molecule has 1 aliphatic heterocycles. The Kier molecular flexibility index (Phi) is 11.2. The lowest BCUT2D eigenvalue weighted by molar-refractivity contribution is -0.144. The van der Waals surface area contributed by atoms with Gasteiger partial charge in [-0.15, -0.1) is 11.3 Å². The predicted molar refractivity (Wildman–Crippen MR) is 148 cm³/mol. The zero-order valence-electron chi connectivity index (χ0n) is 22.5. The Bertz CT molecular complexity index is 920. The molecule has 0 bridgehead atoms. The van der Waals surface area contributed by atoms with Crippen LogP contribution in [0.5, 0.6) is 0 Å². The highest BCUT2D eigenvalue weighted by Crippen LogP contribution is 2.49. The Balaban J connectivity index is 1.17. The van der Waals surface area contributed by atoms with Gasteiger partial charge in [0.2, 0.25) is 0 Å². The molecule has 7 nitrogen and oxygen atoms in total. The average Bonchev–Trinajstić information content (AvgIpc) is 3.52. The normalized spacial score (nSPS) is 28.1. The fraction of sp³-hybridized carbons (Fsp3) is 0.733. The minimum atomic E-state index is -0.519. The van der Waals surface area contributed by atoms with E-state index in [1.807, 2.05) is 6.08 Å². The Labute approximate surface area is 231 Å². The van der Waals surface area contributed by atoms with Crippen LogP contribution in [0.1, 0.15) is 69.1 Å². The van der Waals surface area contributed by atoms with Gasteiger partial charge < -0.3 is 19.7 Å². The van der Waals surface area contributed by atoms with Gasteiger partial charge in [-0.3, -0.25) is 9.69 Å². The van der Waals surface area contributed by atoms with Crippen LogP contribution in [0.4, 0.5) is 0 Å². The van der Waals surface area contributed by atoms with Crippen LogP contribution in [0.3, 0.4) is 0 Å². The van der Waals surface area contributed by atoms with Gasteiger partial charge in [0, 0.05) is 42.3 Å². The van der Waals surface area contributed by atoms with Crippen molar-refractivity contribution in [2.24, 2.45) is 17.8 Å². The molecule has 8 heteroatoms. The first-order chi connectivity index (χ1) is 18.5. The largest absolute Gasteiger partial charge is 0.464 e. The molecule has 210 valence electrons. The highest BCUT2D eigenvalue weighted by molar-refractivity contribution is 7.10. The summed E-state index contributed by atoms with van der Waals surface area (Å²) in [6.07, 6.45) is 11.3. The molecule has 2 aliphatic carbocycles. The summed E-state index contributed by atoms with van der Waals surface area (Å²) < 4.78 is 10.7. The number of thiophene rings is 1. The summed E-state index contributed by atoms with van der Waals surface area (Å²) in [5, 5.41) is 33.5. The predicted octanol–water partition coefficient (Wildman–Crippen LogP) is 4.44. The number of morpholine rings is 1. The van der Waals surface area contributed by atoms with Crippen LogP contribution in [0.2, 0.25) is 0 Å². The van der Waals surface area contributed by atoms with Gasteiger partial charge in [0.25, 0.3) is 0 Å². The molecule has 1 unspecified atom stereocenters. The smallest absolute Gasteiger partial charge is 0.305 e. The molecule has 2 saturated carbocycles. The van der Waals surface area contributed by atoms with Crippen molar-refractivity contribution >= 4 is 17.3 Å². The van der Waals surface area contributed by atoms with Crippen LogP contribution in [0.15, 0.2) is 29.7 Å². The Hall–Kier alpha value is -1.76. The fourth-order valence-electron chi connectivity index (χ4n) is 6.42. The zero-order valence-corrected chi connectivity index (χ0v) is 23.3. The molecule has 0 aromatic carbocycles. The van der Waals surface area contributed by atoms with E-state index in [2.05, 4.69) is 34.6 Å². The number of carbonyl (C=O) groups excluding carboxylic acids is 1. The molecule has 3 fully saturated rings. The molecular weight excluding hydrogens is 500 g/mol. The van der Waals surface area contributed by atoms with E-state index >= 15 is 0 Å². The van der Waals surface area contributed by atoms with E-state index in [9.17, 15) is 20.3 Å². The van der Waals surface area contributed by atoms with E-state index in [0.717, 1.165) is 77.8 Å². The summed E-state index contributed by atoms with van der Waals surface area (Å²) >= 11 is 1.73. The van der Waals surface area contributed by atoms with E-state index in [0.29, 0.717) is 25.9 Å². The molecule has 0 radical (unpaired) electrons. The van der Waals surface area contributed by atoms with Crippen LogP contribution in [0.25, 0.3) is 0 Å². The Morgan fingerprint density at radius 1 is 1.32 bits per heavy atom. The summed E-state index contributed by atoms with van der Waals surface area (Å²) in [4.78, 5) is 15.6. The highest BCUT2D eigenvalue weighted by atomic mass is 32.1. The van der Waals surface area contributed by atoms with Crippen LogP contribution < -0.4 is 0 Å². The second-order valence-corrected chi connectivity index (χ2v) is 12.2. The molecule has 38 heavy (non-hydrogen) atoms. The fourth-order valence-corrected chi connectivity index (χ4v) is 7.46. The van der Waals surface area contributed by atoms with Gasteiger partial charge >= 0.3 is 5.97 Å². The van der Waals surface area contributed by atoms with Crippen molar-refractivity contribution in [2.75, 3.05) is 39.5 Å². The van der Waals surface area contributed by atoms with Crippen molar-refractivity contribution in [3.63, 3.8) is 0 Å². The van der Waals surface area contributed by atoms with Crippen molar-refractivity contribution in [3.05, 3.63) is 34.5 Å². The molecule has 4 rings (SSSR count). The van der Waals surface area contributed by atoms with E-state index in [-0.39, 0.29) is 29.1 Å². The van der Waals surface area contributed by atoms with Crippen molar-refractivity contribution in [2.45, 2.75) is 81.8 Å². The lowest BCUT2D eigenvalue weighted by atomic mass is 9.63. The van der Waals surface area contributed by atoms with Crippen molar-refractivity contribution in [1.82, 2.24) is 4.90 Å². The maximum atomic E-state index is 12.1. The summed E-state index contributed by atoms with van der Waals surface area (Å²) in [6.45, 7) is 4.46. The van der Waals surface area contributed by atoms with Gasteiger partial charge in [-0.1, -0.05) is 37.5 Å². The van der Waals surface area contributed by atoms with Crippen LogP contribution >= 0.6 is 11.3 Å². The number of nitriles is 1. The van der Waals surface area contributed by atoms with Crippen LogP contribution in [0, 0.1) is 29.1 Å². The number of hydrogen-bond donors (Lipinski definition) is 2. The van der Waals surface area contributed by atoms with Crippen molar-refractivity contribution in [1.29, 1.82) is 5.26 Å². The monoisotopic (exact) mass is 544 g/mol. The highest BCUT2D eigenvalue weighted by Gasteiger charge is 2.45. The number of aliphatic hydroxyl groups excluding tert-OH is 2. The SMILES string of the molecule is N#C[C@@H]1C[C@@H](O)[C@H](/C=C/CC(O)C2(c3cccs3)CCC2)[C@H]1CCCCCC(=O)OCCN1CCOCC1. The third-order valence-electron chi connectivity index (χ3n) is 8.92. The number of nitrogens with zero attached hydrogens (tertiary/aromatic N) is 2. The standard InChI is InChI=1S/C30H44N2O5S/c31-22-23-21-26(33)25(8-4-9-27(34)30(12-6-13-30)28-10-5-20-38-28)24(23)7-2-1-3-11-29(35)37-19-16-32-14-17-36-18-15-32/h4-5,8,10,20,23-27,33-34H,1-3,6-7,9,11-19,21H2/b8-4+/t23-,24-,25+,26+,27?/m0/s1. The molecule has 1 saturated heterocycles. The van der Waals surface area contributed by atoms with E-state index < -0.39 is 12.2 Å². The third-order valence-corrected chi connectivity index (χ3v) is 10.0. The molecule has 1 aromatic rings. The maximum absolute atomic E-state index is 12.1. The molecule has 2 N–H and O–H groups in total. The van der Waals surface area contributed by atoms with Crippen LogP contribution in [-0.2, 0) is 19.7 Å². The first-order valence-corrected chi connectivity index (χ1v) is 15.3. The number of aliphatic hydroxyl groups is 2. The summed E-state index contributed by atoms with van der Waals surface area (Å²) in [5.74, 6) is -0.246. The van der Waals surface area contributed by atoms with E-state index in [1.165, 1.54) is 4.88 Å². The minimum Gasteiger partial charge on any atom is -0.464 e. The quantitative estimate of drug-likeness (QED) is 0.203.